The van der Waals surface area contributed by atoms with Gasteiger partial charge in [0.05, 0.1) is 18.0 Å². The number of hydrogen-bond acceptors (Lipinski definition) is 4. The Balaban J connectivity index is 1.57. The maximum atomic E-state index is 12.5. The van der Waals surface area contributed by atoms with E-state index < -0.39 is 10.0 Å². The van der Waals surface area contributed by atoms with Gasteiger partial charge in [-0.3, -0.25) is 9.10 Å². The normalized spacial score (nSPS) is 15.7. The number of anilines is 1. The first-order chi connectivity index (χ1) is 12.5. The number of likely N-dealkylation sites (N-methyl/N-ethyl adjacent to an activating group) is 1. The van der Waals surface area contributed by atoms with Gasteiger partial charge >= 0.3 is 0 Å². The van der Waals surface area contributed by atoms with E-state index in [1.54, 1.807) is 36.2 Å². The van der Waals surface area contributed by atoms with E-state index in [1.165, 1.54) is 4.31 Å². The number of ether oxygens (including phenoxy) is 1. The molecule has 6 nitrogen and oxygen atoms in total. The molecule has 1 aliphatic rings. The summed E-state index contributed by atoms with van der Waals surface area (Å²) in [6.45, 7) is 1.35. The van der Waals surface area contributed by atoms with Crippen LogP contribution in [0.2, 0.25) is 0 Å². The highest BCUT2D eigenvalue weighted by atomic mass is 32.2. The molecule has 0 bridgehead atoms. The minimum atomic E-state index is -3.21. The number of carbonyl (C=O) groups excluding carboxylic acids is 1. The monoisotopic (exact) mass is 374 g/mol. The predicted octanol–water partition coefficient (Wildman–Crippen LogP) is 2.38. The van der Waals surface area contributed by atoms with Crippen molar-refractivity contribution in [3.8, 4) is 5.75 Å². The van der Waals surface area contributed by atoms with Gasteiger partial charge in [0.2, 0.25) is 10.0 Å². The summed E-state index contributed by atoms with van der Waals surface area (Å²) >= 11 is 0. The number of rotatable bonds is 6. The van der Waals surface area contributed by atoms with Crippen molar-refractivity contribution in [2.75, 3.05) is 36.8 Å². The molecule has 1 saturated heterocycles. The van der Waals surface area contributed by atoms with Crippen LogP contribution in [0.1, 0.15) is 16.8 Å². The Kier molecular flexibility index (Phi) is 5.46. The first kappa shape index (κ1) is 18.3. The van der Waals surface area contributed by atoms with Gasteiger partial charge in [0.25, 0.3) is 5.91 Å². The topological polar surface area (TPSA) is 66.9 Å². The van der Waals surface area contributed by atoms with E-state index in [1.807, 2.05) is 30.3 Å². The summed E-state index contributed by atoms with van der Waals surface area (Å²) in [7, 11) is -1.49. The van der Waals surface area contributed by atoms with Crippen LogP contribution >= 0.6 is 0 Å². The van der Waals surface area contributed by atoms with Crippen molar-refractivity contribution in [3.63, 3.8) is 0 Å². The Morgan fingerprint density at radius 2 is 1.81 bits per heavy atom. The molecule has 1 aliphatic heterocycles. The molecular weight excluding hydrogens is 352 g/mol. The van der Waals surface area contributed by atoms with E-state index in [0.717, 1.165) is 5.75 Å². The summed E-state index contributed by atoms with van der Waals surface area (Å²) in [6.07, 6.45) is 0.632. The zero-order valence-electron chi connectivity index (χ0n) is 14.7. The van der Waals surface area contributed by atoms with Crippen LogP contribution in [0.3, 0.4) is 0 Å². The van der Waals surface area contributed by atoms with Gasteiger partial charge in [0, 0.05) is 19.2 Å². The molecule has 0 radical (unpaired) electrons. The number of amides is 1. The van der Waals surface area contributed by atoms with Crippen molar-refractivity contribution in [3.05, 3.63) is 60.2 Å². The Hall–Kier alpha value is -2.54. The maximum absolute atomic E-state index is 12.5. The standard InChI is InChI=1S/C19H22N2O4S/c1-20(13-14-25-18-6-3-2-4-7-18)19(22)16-8-10-17(11-9-16)21-12-5-15-26(21,23)24/h2-4,6-11H,5,12-15H2,1H3. The van der Waals surface area contributed by atoms with Crippen LogP contribution in [0, 0.1) is 0 Å². The minimum Gasteiger partial charge on any atom is -0.492 e. The van der Waals surface area contributed by atoms with E-state index in [-0.39, 0.29) is 11.7 Å². The Morgan fingerprint density at radius 1 is 1.12 bits per heavy atom. The number of sulfonamides is 1. The van der Waals surface area contributed by atoms with Crippen LogP contribution in [0.25, 0.3) is 0 Å². The molecule has 2 aromatic rings. The molecule has 3 rings (SSSR count). The van der Waals surface area contributed by atoms with E-state index in [4.69, 9.17) is 4.74 Å². The summed E-state index contributed by atoms with van der Waals surface area (Å²) < 4.78 is 30.9. The molecule has 0 spiro atoms. The number of para-hydroxylation sites is 1. The third-order valence-electron chi connectivity index (χ3n) is 4.29. The van der Waals surface area contributed by atoms with Gasteiger partial charge in [-0.25, -0.2) is 8.42 Å². The van der Waals surface area contributed by atoms with Crippen LogP contribution in [0.15, 0.2) is 54.6 Å². The van der Waals surface area contributed by atoms with Crippen LogP contribution < -0.4 is 9.04 Å². The second kappa shape index (κ2) is 7.78. The lowest BCUT2D eigenvalue weighted by Crippen LogP contribution is -2.31. The Bertz CT molecular complexity index is 851. The number of hydrogen-bond donors (Lipinski definition) is 0. The zero-order chi connectivity index (χ0) is 18.6. The minimum absolute atomic E-state index is 0.127. The SMILES string of the molecule is CN(CCOc1ccccc1)C(=O)c1ccc(N2CCCS2(=O)=O)cc1. The smallest absolute Gasteiger partial charge is 0.253 e. The number of carbonyl (C=O) groups is 1. The van der Waals surface area contributed by atoms with Gasteiger partial charge in [0.15, 0.2) is 0 Å². The molecule has 0 unspecified atom stereocenters. The summed E-state index contributed by atoms with van der Waals surface area (Å²) in [6, 6.07) is 16.1. The first-order valence-electron chi connectivity index (χ1n) is 8.51. The number of benzene rings is 2. The molecule has 0 saturated carbocycles. The van der Waals surface area contributed by atoms with Crippen LogP contribution in [0.5, 0.6) is 5.75 Å². The number of nitrogens with zero attached hydrogens (tertiary/aromatic N) is 2. The Labute approximate surface area is 154 Å². The molecule has 0 aromatic heterocycles. The van der Waals surface area contributed by atoms with Gasteiger partial charge in [-0.2, -0.15) is 0 Å². The zero-order valence-corrected chi connectivity index (χ0v) is 15.5. The highest BCUT2D eigenvalue weighted by Crippen LogP contribution is 2.24. The average molecular weight is 374 g/mol. The van der Waals surface area contributed by atoms with Gasteiger partial charge in [0.1, 0.15) is 12.4 Å². The van der Waals surface area contributed by atoms with Crippen molar-refractivity contribution in [2.24, 2.45) is 0 Å². The lowest BCUT2D eigenvalue weighted by molar-refractivity contribution is 0.0774. The summed E-state index contributed by atoms with van der Waals surface area (Å²) in [5.74, 6) is 0.819. The molecule has 0 atom stereocenters. The molecule has 1 amide bonds. The Morgan fingerprint density at radius 3 is 2.42 bits per heavy atom. The maximum Gasteiger partial charge on any atom is 0.253 e. The van der Waals surface area contributed by atoms with E-state index in [2.05, 4.69) is 0 Å². The van der Waals surface area contributed by atoms with Crippen molar-refractivity contribution in [1.82, 2.24) is 4.90 Å². The van der Waals surface area contributed by atoms with Crippen molar-refractivity contribution in [2.45, 2.75) is 6.42 Å². The lowest BCUT2D eigenvalue weighted by atomic mass is 10.2. The fraction of sp³-hybridized carbons (Fsp3) is 0.316. The fourth-order valence-electron chi connectivity index (χ4n) is 2.84. The molecule has 26 heavy (non-hydrogen) atoms. The fourth-order valence-corrected chi connectivity index (χ4v) is 4.40. The molecular formula is C19H22N2O4S. The highest BCUT2D eigenvalue weighted by molar-refractivity contribution is 7.93. The van der Waals surface area contributed by atoms with Crippen LogP contribution in [-0.4, -0.2) is 51.7 Å². The summed E-state index contributed by atoms with van der Waals surface area (Å²) in [5.41, 5.74) is 1.13. The third kappa shape index (κ3) is 4.16. The largest absolute Gasteiger partial charge is 0.492 e. The highest BCUT2D eigenvalue weighted by Gasteiger charge is 2.28. The van der Waals surface area contributed by atoms with Crippen molar-refractivity contribution >= 4 is 21.6 Å². The third-order valence-corrected chi connectivity index (χ3v) is 6.16. The van der Waals surface area contributed by atoms with E-state index in [0.29, 0.717) is 37.4 Å². The molecule has 2 aromatic carbocycles. The van der Waals surface area contributed by atoms with Gasteiger partial charge in [-0.05, 0) is 42.8 Å². The molecule has 0 N–H and O–H groups in total. The van der Waals surface area contributed by atoms with Crippen molar-refractivity contribution < 1.29 is 17.9 Å². The van der Waals surface area contributed by atoms with Gasteiger partial charge < -0.3 is 9.64 Å². The average Bonchev–Trinajstić information content (AvgIpc) is 3.01. The molecule has 1 heterocycles. The second-order valence-corrected chi connectivity index (χ2v) is 8.19. The van der Waals surface area contributed by atoms with E-state index >= 15 is 0 Å². The summed E-state index contributed by atoms with van der Waals surface area (Å²) in [4.78, 5) is 14.1. The molecule has 138 valence electrons. The first-order valence-corrected chi connectivity index (χ1v) is 10.1. The quantitative estimate of drug-likeness (QED) is 0.779. The van der Waals surface area contributed by atoms with E-state index in [9.17, 15) is 13.2 Å². The lowest BCUT2D eigenvalue weighted by Gasteiger charge is -2.19. The van der Waals surface area contributed by atoms with Crippen LogP contribution in [0.4, 0.5) is 5.69 Å². The predicted molar refractivity (Wildman–Crippen MR) is 101 cm³/mol. The second-order valence-electron chi connectivity index (χ2n) is 6.18. The van der Waals surface area contributed by atoms with Gasteiger partial charge in [-0.1, -0.05) is 18.2 Å². The molecule has 1 fully saturated rings. The van der Waals surface area contributed by atoms with Crippen molar-refractivity contribution in [1.29, 1.82) is 0 Å². The van der Waals surface area contributed by atoms with Crippen LogP contribution in [-0.2, 0) is 10.0 Å². The summed E-state index contributed by atoms with van der Waals surface area (Å²) in [5, 5.41) is 0. The van der Waals surface area contributed by atoms with Gasteiger partial charge in [-0.15, -0.1) is 0 Å². The molecule has 7 heteroatoms. The molecule has 0 aliphatic carbocycles.